The first kappa shape index (κ1) is 28.4. The van der Waals surface area contributed by atoms with Crippen LogP contribution in [0.1, 0.15) is 26.4 Å². The summed E-state index contributed by atoms with van der Waals surface area (Å²) in [6.45, 7) is 1.64. The number of aromatic nitrogens is 1. The van der Waals surface area contributed by atoms with E-state index in [2.05, 4.69) is 10.6 Å². The number of nitrogens with zero attached hydrogens (tertiary/aromatic N) is 2. The van der Waals surface area contributed by atoms with Crippen LogP contribution in [0.4, 0.5) is 17.1 Å². The number of carbonyl (C=O) groups excluding carboxylic acids is 2. The van der Waals surface area contributed by atoms with Gasteiger partial charge in [0.2, 0.25) is 0 Å². The van der Waals surface area contributed by atoms with Crippen molar-refractivity contribution in [2.45, 2.75) is 16.7 Å². The van der Waals surface area contributed by atoms with Gasteiger partial charge >= 0.3 is 0 Å². The largest absolute Gasteiger partial charge is 0.340 e. The number of amides is 2. The van der Waals surface area contributed by atoms with E-state index in [1.54, 1.807) is 6.92 Å². The number of anilines is 2. The summed E-state index contributed by atoms with van der Waals surface area (Å²) in [7, 11) is -8.31. The first-order chi connectivity index (χ1) is 18.6. The van der Waals surface area contributed by atoms with E-state index in [4.69, 9.17) is 0 Å². The van der Waals surface area contributed by atoms with E-state index in [-0.39, 0.29) is 39.1 Å². The SMILES string of the molecule is Cc1ccc(C(=O)Nc2ccc3c(S(=O)(=O)O)cccc3c2S(=O)(=O)O)cc1NC(=O)c1cc([N+](=O)[O-])cn1C. The van der Waals surface area contributed by atoms with Crippen molar-refractivity contribution in [2.24, 2.45) is 7.05 Å². The maximum Gasteiger partial charge on any atom is 0.297 e. The predicted molar refractivity (Wildman–Crippen MR) is 143 cm³/mol. The fraction of sp³-hybridized carbons (Fsp3) is 0.0833. The second kappa shape index (κ2) is 10.2. The maximum atomic E-state index is 13.1. The van der Waals surface area contributed by atoms with E-state index < -0.39 is 46.8 Å². The number of hydrogen-bond donors (Lipinski definition) is 4. The lowest BCUT2D eigenvalue weighted by atomic mass is 10.1. The summed E-state index contributed by atoms with van der Waals surface area (Å²) in [4.78, 5) is 34.8. The molecule has 4 rings (SSSR count). The van der Waals surface area contributed by atoms with Crippen molar-refractivity contribution < 1.29 is 40.5 Å². The first-order valence-corrected chi connectivity index (χ1v) is 14.0. The Labute approximate surface area is 226 Å². The molecule has 0 aliphatic carbocycles. The van der Waals surface area contributed by atoms with E-state index in [0.29, 0.717) is 5.56 Å². The Bertz CT molecular complexity index is 1950. The quantitative estimate of drug-likeness (QED) is 0.140. The van der Waals surface area contributed by atoms with Crippen molar-refractivity contribution in [1.82, 2.24) is 4.57 Å². The summed E-state index contributed by atoms with van der Waals surface area (Å²) >= 11 is 0. The Kier molecular flexibility index (Phi) is 7.20. The highest BCUT2D eigenvalue weighted by molar-refractivity contribution is 7.86. The second-order valence-electron chi connectivity index (χ2n) is 8.63. The number of rotatable bonds is 7. The summed E-state index contributed by atoms with van der Waals surface area (Å²) in [6.07, 6.45) is 1.17. The normalized spacial score (nSPS) is 11.8. The molecule has 2 amide bonds. The molecular formula is C24H20N4O10S2. The molecule has 0 aliphatic heterocycles. The van der Waals surface area contributed by atoms with Gasteiger partial charge in [-0.15, -0.1) is 0 Å². The van der Waals surface area contributed by atoms with Crippen molar-refractivity contribution in [3.63, 3.8) is 0 Å². The molecule has 16 heteroatoms. The Morgan fingerprint density at radius 1 is 0.875 bits per heavy atom. The lowest BCUT2D eigenvalue weighted by Crippen LogP contribution is -2.18. The molecule has 0 saturated carbocycles. The zero-order valence-corrected chi connectivity index (χ0v) is 22.3. The average molecular weight is 589 g/mol. The molecule has 0 unspecified atom stereocenters. The van der Waals surface area contributed by atoms with E-state index in [0.717, 1.165) is 30.3 Å². The molecule has 4 N–H and O–H groups in total. The van der Waals surface area contributed by atoms with Crippen LogP contribution in [0.2, 0.25) is 0 Å². The van der Waals surface area contributed by atoms with Gasteiger partial charge in [-0.25, -0.2) is 0 Å². The molecule has 0 aliphatic rings. The van der Waals surface area contributed by atoms with E-state index in [1.165, 1.54) is 42.1 Å². The highest BCUT2D eigenvalue weighted by atomic mass is 32.2. The minimum atomic E-state index is -5.02. The molecule has 4 aromatic rings. The molecule has 208 valence electrons. The van der Waals surface area contributed by atoms with E-state index in [1.807, 2.05) is 0 Å². The molecule has 3 aromatic carbocycles. The molecule has 0 atom stereocenters. The fourth-order valence-electron chi connectivity index (χ4n) is 4.05. The molecule has 0 spiro atoms. The van der Waals surface area contributed by atoms with Gasteiger partial charge in [-0.2, -0.15) is 16.8 Å². The Balaban J connectivity index is 1.70. The smallest absolute Gasteiger partial charge is 0.297 e. The van der Waals surface area contributed by atoms with Crippen LogP contribution >= 0.6 is 0 Å². The highest BCUT2D eigenvalue weighted by Crippen LogP contribution is 2.34. The van der Waals surface area contributed by atoms with Gasteiger partial charge in [-0.05, 0) is 36.8 Å². The van der Waals surface area contributed by atoms with Crippen LogP contribution in [-0.4, -0.2) is 47.2 Å². The van der Waals surface area contributed by atoms with Crippen LogP contribution in [-0.2, 0) is 27.3 Å². The summed E-state index contributed by atoms with van der Waals surface area (Å²) < 4.78 is 68.7. The van der Waals surface area contributed by atoms with Gasteiger partial charge in [-0.3, -0.25) is 28.8 Å². The summed E-state index contributed by atoms with van der Waals surface area (Å²) in [5, 5.41) is 15.5. The van der Waals surface area contributed by atoms with Crippen molar-refractivity contribution in [2.75, 3.05) is 10.6 Å². The van der Waals surface area contributed by atoms with Gasteiger partial charge in [0, 0.05) is 35.1 Å². The maximum absolute atomic E-state index is 13.1. The van der Waals surface area contributed by atoms with Crippen LogP contribution in [0.3, 0.4) is 0 Å². The van der Waals surface area contributed by atoms with Crippen LogP contribution in [0.5, 0.6) is 0 Å². The van der Waals surface area contributed by atoms with E-state index in [9.17, 15) is 45.6 Å². The number of hydrogen-bond acceptors (Lipinski definition) is 8. The Morgan fingerprint density at radius 3 is 2.15 bits per heavy atom. The van der Waals surface area contributed by atoms with Gasteiger partial charge in [-0.1, -0.05) is 24.3 Å². The minimum absolute atomic E-state index is 0.0147. The van der Waals surface area contributed by atoms with Crippen LogP contribution < -0.4 is 10.6 Å². The van der Waals surface area contributed by atoms with Crippen LogP contribution in [0, 0.1) is 17.0 Å². The Morgan fingerprint density at radius 2 is 1.55 bits per heavy atom. The predicted octanol–water partition coefficient (Wildman–Crippen LogP) is 3.39. The molecule has 0 fully saturated rings. The minimum Gasteiger partial charge on any atom is -0.340 e. The first-order valence-electron chi connectivity index (χ1n) is 11.1. The molecule has 14 nitrogen and oxygen atoms in total. The third-order valence-electron chi connectivity index (χ3n) is 5.94. The summed E-state index contributed by atoms with van der Waals surface area (Å²) in [5.41, 5.74) is 0.00973. The van der Waals surface area contributed by atoms with Crippen molar-refractivity contribution in [3.8, 4) is 0 Å². The second-order valence-corrected chi connectivity index (χ2v) is 11.4. The lowest BCUT2D eigenvalue weighted by Gasteiger charge is -2.14. The van der Waals surface area contributed by atoms with Crippen LogP contribution in [0.25, 0.3) is 10.8 Å². The van der Waals surface area contributed by atoms with E-state index >= 15 is 0 Å². The average Bonchev–Trinajstić information content (AvgIpc) is 3.25. The van der Waals surface area contributed by atoms with Gasteiger partial charge in [0.15, 0.2) is 0 Å². The lowest BCUT2D eigenvalue weighted by molar-refractivity contribution is -0.384. The summed E-state index contributed by atoms with van der Waals surface area (Å²) in [6, 6.07) is 10.9. The Hall–Kier alpha value is -4.64. The van der Waals surface area contributed by atoms with Crippen molar-refractivity contribution in [3.05, 3.63) is 87.7 Å². The monoisotopic (exact) mass is 588 g/mol. The number of carbonyl (C=O) groups is 2. The van der Waals surface area contributed by atoms with Gasteiger partial charge in [0.25, 0.3) is 37.7 Å². The summed E-state index contributed by atoms with van der Waals surface area (Å²) in [5.74, 6) is -1.53. The third-order valence-corrected chi connectivity index (χ3v) is 7.81. The molecular weight excluding hydrogens is 568 g/mol. The standard InChI is InChI=1S/C24H20N4O10S2/c1-13-6-7-14(10-19(13)26-24(30)20-11-15(28(31)32)12-27(20)2)23(29)25-18-9-8-16-17(22(18)40(36,37)38)4-3-5-21(16)39(33,34)35/h3-12H,1-2H3,(H,25,29)(H,26,30)(H,33,34,35)(H,36,37,38). The fourth-order valence-corrected chi connectivity index (χ4v) is 5.61. The number of aryl methyl sites for hydroxylation is 2. The number of nitrogens with one attached hydrogen (secondary N) is 2. The molecule has 40 heavy (non-hydrogen) atoms. The molecule has 1 aromatic heterocycles. The topological polar surface area (TPSA) is 215 Å². The number of nitro groups is 1. The van der Waals surface area contributed by atoms with Crippen LogP contribution in [0.15, 0.2) is 70.6 Å². The molecule has 0 bridgehead atoms. The number of benzene rings is 3. The molecule has 0 saturated heterocycles. The third kappa shape index (κ3) is 5.55. The molecule has 1 heterocycles. The van der Waals surface area contributed by atoms with Crippen molar-refractivity contribution >= 4 is 59.9 Å². The molecule has 0 radical (unpaired) electrons. The highest BCUT2D eigenvalue weighted by Gasteiger charge is 2.25. The van der Waals surface area contributed by atoms with Gasteiger partial charge in [0.05, 0.1) is 16.8 Å². The zero-order chi connectivity index (χ0) is 29.6. The number of fused-ring (bicyclic) bond motifs is 1. The van der Waals surface area contributed by atoms with Gasteiger partial charge in [0.1, 0.15) is 15.5 Å². The zero-order valence-electron chi connectivity index (χ0n) is 20.6. The van der Waals surface area contributed by atoms with Gasteiger partial charge < -0.3 is 15.2 Å². The van der Waals surface area contributed by atoms with Crippen molar-refractivity contribution in [1.29, 1.82) is 0 Å².